The number of carbonyl (C=O) groups is 2. The number of likely N-dealkylation sites (tertiary alicyclic amines) is 2. The van der Waals surface area contributed by atoms with Gasteiger partial charge in [0.15, 0.2) is 0 Å². The Labute approximate surface area is 154 Å². The molecule has 2 saturated heterocycles. The Hall–Kier alpha value is -2.08. The molecular weight excluding hydrogens is 330 g/mol. The number of para-hydroxylation sites is 1. The number of carbonyl (C=O) groups excluding carboxylic acids is 2. The van der Waals surface area contributed by atoms with E-state index in [0.717, 1.165) is 50.2 Å². The second kappa shape index (κ2) is 6.91. The monoisotopic (exact) mass is 357 g/mol. The summed E-state index contributed by atoms with van der Waals surface area (Å²) in [5, 5.41) is 0. The third-order valence-electron chi connectivity index (χ3n) is 6.05. The van der Waals surface area contributed by atoms with E-state index >= 15 is 0 Å². The minimum Gasteiger partial charge on any atom is -0.492 e. The molecule has 3 heterocycles. The van der Waals surface area contributed by atoms with E-state index in [0.29, 0.717) is 26.2 Å². The number of hydrogen-bond donors (Lipinski definition) is 0. The van der Waals surface area contributed by atoms with Crippen molar-refractivity contribution < 1.29 is 14.3 Å². The highest BCUT2D eigenvalue weighted by molar-refractivity contribution is 5.86. The van der Waals surface area contributed by atoms with Crippen LogP contribution in [0.4, 0.5) is 0 Å². The average Bonchev–Trinajstić information content (AvgIpc) is 2.95. The van der Waals surface area contributed by atoms with Gasteiger partial charge in [-0.1, -0.05) is 18.2 Å². The highest BCUT2D eigenvalue weighted by Crippen LogP contribution is 2.39. The first-order valence-electron chi connectivity index (χ1n) is 9.54. The van der Waals surface area contributed by atoms with Crippen molar-refractivity contribution in [1.29, 1.82) is 0 Å². The van der Waals surface area contributed by atoms with Crippen LogP contribution in [0.2, 0.25) is 0 Å². The molecule has 1 spiro atoms. The van der Waals surface area contributed by atoms with Crippen LogP contribution in [0, 0.1) is 5.41 Å². The number of ether oxygens (including phenoxy) is 1. The summed E-state index contributed by atoms with van der Waals surface area (Å²) in [6.07, 6.45) is 2.74. The van der Waals surface area contributed by atoms with Gasteiger partial charge in [-0.3, -0.25) is 14.5 Å². The van der Waals surface area contributed by atoms with Gasteiger partial charge in [0.1, 0.15) is 12.4 Å². The van der Waals surface area contributed by atoms with Gasteiger partial charge >= 0.3 is 0 Å². The first-order valence-corrected chi connectivity index (χ1v) is 9.54. The van der Waals surface area contributed by atoms with Gasteiger partial charge in [-0.25, -0.2) is 0 Å². The average molecular weight is 357 g/mol. The first kappa shape index (κ1) is 17.3. The molecule has 2 fully saturated rings. The number of amides is 2. The van der Waals surface area contributed by atoms with Crippen molar-refractivity contribution in [3.05, 3.63) is 29.8 Å². The maximum atomic E-state index is 12.9. The van der Waals surface area contributed by atoms with Crippen LogP contribution in [-0.4, -0.2) is 72.9 Å². The number of fused-ring (bicyclic) bond motifs is 1. The van der Waals surface area contributed by atoms with E-state index in [9.17, 15) is 9.59 Å². The second-order valence-electron chi connectivity index (χ2n) is 7.84. The fraction of sp³-hybridized carbons (Fsp3) is 0.600. The van der Waals surface area contributed by atoms with Gasteiger partial charge in [-0.2, -0.15) is 0 Å². The molecule has 1 aromatic carbocycles. The summed E-state index contributed by atoms with van der Waals surface area (Å²) in [6.45, 7) is 4.55. The van der Waals surface area contributed by atoms with Crippen molar-refractivity contribution in [3.8, 4) is 5.75 Å². The summed E-state index contributed by atoms with van der Waals surface area (Å²) in [7, 11) is 1.88. The summed E-state index contributed by atoms with van der Waals surface area (Å²) in [6, 6.07) is 8.01. The fourth-order valence-corrected chi connectivity index (χ4v) is 4.54. The molecule has 2 amide bonds. The van der Waals surface area contributed by atoms with Crippen LogP contribution < -0.4 is 4.74 Å². The van der Waals surface area contributed by atoms with Crippen molar-refractivity contribution in [1.82, 2.24) is 14.7 Å². The third-order valence-corrected chi connectivity index (χ3v) is 6.05. The van der Waals surface area contributed by atoms with E-state index in [-0.39, 0.29) is 17.2 Å². The summed E-state index contributed by atoms with van der Waals surface area (Å²) >= 11 is 0. The van der Waals surface area contributed by atoms with E-state index in [1.807, 2.05) is 35.0 Å². The topological polar surface area (TPSA) is 53.1 Å². The van der Waals surface area contributed by atoms with Gasteiger partial charge in [0.05, 0.1) is 12.0 Å². The van der Waals surface area contributed by atoms with Crippen LogP contribution >= 0.6 is 0 Å². The molecule has 26 heavy (non-hydrogen) atoms. The predicted octanol–water partition coefficient (Wildman–Crippen LogP) is 1.35. The molecule has 0 aromatic heterocycles. The lowest BCUT2D eigenvalue weighted by molar-refractivity contribution is -0.144. The molecule has 3 aliphatic rings. The Morgan fingerprint density at radius 2 is 2.04 bits per heavy atom. The van der Waals surface area contributed by atoms with E-state index in [2.05, 4.69) is 11.0 Å². The number of benzene rings is 1. The maximum Gasteiger partial charge on any atom is 0.236 e. The van der Waals surface area contributed by atoms with E-state index in [4.69, 9.17) is 4.74 Å². The maximum absolute atomic E-state index is 12.9. The van der Waals surface area contributed by atoms with Gasteiger partial charge in [-0.15, -0.1) is 0 Å². The van der Waals surface area contributed by atoms with Crippen LogP contribution in [0.5, 0.6) is 5.75 Å². The van der Waals surface area contributed by atoms with E-state index in [1.165, 1.54) is 0 Å². The molecule has 140 valence electrons. The molecular formula is C20H27N3O3. The van der Waals surface area contributed by atoms with Crippen LogP contribution in [0.3, 0.4) is 0 Å². The number of hydrogen-bond acceptors (Lipinski definition) is 4. The van der Waals surface area contributed by atoms with Crippen LogP contribution in [0.25, 0.3) is 0 Å². The molecule has 0 bridgehead atoms. The summed E-state index contributed by atoms with van der Waals surface area (Å²) in [4.78, 5) is 31.4. The lowest BCUT2D eigenvalue weighted by Crippen LogP contribution is -2.49. The molecule has 0 radical (unpaired) electrons. The van der Waals surface area contributed by atoms with Crippen molar-refractivity contribution in [3.63, 3.8) is 0 Å². The zero-order valence-corrected chi connectivity index (χ0v) is 15.4. The largest absolute Gasteiger partial charge is 0.492 e. The zero-order valence-electron chi connectivity index (χ0n) is 15.4. The van der Waals surface area contributed by atoms with Crippen LogP contribution in [0.15, 0.2) is 24.3 Å². The number of piperidine rings is 1. The lowest BCUT2D eigenvalue weighted by Gasteiger charge is -2.37. The molecule has 3 aliphatic heterocycles. The molecule has 1 atom stereocenters. The minimum atomic E-state index is -0.336. The van der Waals surface area contributed by atoms with Crippen molar-refractivity contribution in [2.24, 2.45) is 5.41 Å². The van der Waals surface area contributed by atoms with Gasteiger partial charge in [-0.05, 0) is 25.3 Å². The Morgan fingerprint density at radius 3 is 2.92 bits per heavy atom. The molecule has 0 N–H and O–H groups in total. The molecule has 1 unspecified atom stereocenters. The van der Waals surface area contributed by atoms with Gasteiger partial charge < -0.3 is 14.5 Å². The number of nitrogens with zero attached hydrogens (tertiary/aromatic N) is 3. The second-order valence-corrected chi connectivity index (χ2v) is 7.84. The normalized spacial score (nSPS) is 26.6. The molecule has 4 rings (SSSR count). The van der Waals surface area contributed by atoms with Crippen molar-refractivity contribution >= 4 is 11.8 Å². The standard InChI is InChI=1S/C20H27N3O3/c1-21-9-4-7-20(19(21)25)8-10-23(15-20)18(24)14-22-11-12-26-17-6-3-2-5-16(17)13-22/h2-3,5-6H,4,7-15H2,1H3. The summed E-state index contributed by atoms with van der Waals surface area (Å²) < 4.78 is 5.78. The van der Waals surface area contributed by atoms with Crippen LogP contribution in [-0.2, 0) is 16.1 Å². The zero-order chi connectivity index (χ0) is 18.1. The van der Waals surface area contributed by atoms with Crippen molar-refractivity contribution in [2.75, 3.05) is 46.4 Å². The third kappa shape index (κ3) is 3.18. The summed E-state index contributed by atoms with van der Waals surface area (Å²) in [5.74, 6) is 1.26. The first-order chi connectivity index (χ1) is 12.6. The molecule has 0 saturated carbocycles. The van der Waals surface area contributed by atoms with Gasteiger partial charge in [0, 0.05) is 45.3 Å². The lowest BCUT2D eigenvalue weighted by atomic mass is 9.78. The number of rotatable bonds is 2. The van der Waals surface area contributed by atoms with Crippen LogP contribution in [0.1, 0.15) is 24.8 Å². The minimum absolute atomic E-state index is 0.127. The van der Waals surface area contributed by atoms with Gasteiger partial charge in [0.2, 0.25) is 11.8 Å². The SMILES string of the molecule is CN1CCCC2(CCN(C(=O)CN3CCOc4ccccc4C3)C2)C1=O. The van der Waals surface area contributed by atoms with Gasteiger partial charge in [0.25, 0.3) is 0 Å². The Balaban J connectivity index is 1.39. The Bertz CT molecular complexity index is 707. The Kier molecular flexibility index (Phi) is 4.61. The fourth-order valence-electron chi connectivity index (χ4n) is 4.54. The summed E-state index contributed by atoms with van der Waals surface area (Å²) in [5.41, 5.74) is 0.789. The smallest absolute Gasteiger partial charge is 0.236 e. The highest BCUT2D eigenvalue weighted by Gasteiger charge is 2.48. The highest BCUT2D eigenvalue weighted by atomic mass is 16.5. The molecule has 0 aliphatic carbocycles. The predicted molar refractivity (Wildman–Crippen MR) is 97.7 cm³/mol. The Morgan fingerprint density at radius 1 is 1.19 bits per heavy atom. The van der Waals surface area contributed by atoms with E-state index in [1.54, 1.807) is 0 Å². The molecule has 6 heteroatoms. The van der Waals surface area contributed by atoms with Crippen molar-refractivity contribution in [2.45, 2.75) is 25.8 Å². The quantitative estimate of drug-likeness (QED) is 0.802. The molecule has 6 nitrogen and oxygen atoms in total. The van der Waals surface area contributed by atoms with E-state index < -0.39 is 0 Å². The molecule has 1 aromatic rings.